The monoisotopic (exact) mass is 383 g/mol. The summed E-state index contributed by atoms with van der Waals surface area (Å²) in [7, 11) is 0. The third-order valence-corrected chi connectivity index (χ3v) is 4.65. The van der Waals surface area contributed by atoms with Gasteiger partial charge in [-0.2, -0.15) is 0 Å². The predicted octanol–water partition coefficient (Wildman–Crippen LogP) is 0.386. The van der Waals surface area contributed by atoms with Crippen molar-refractivity contribution >= 4 is 17.1 Å². The highest BCUT2D eigenvalue weighted by molar-refractivity contribution is 5.66. The molecule has 1 fully saturated rings. The molecule has 1 saturated heterocycles. The molecule has 1 aromatic carbocycles. The molecule has 1 heterocycles. The standard InChI is InChI=1S/C17H26N4O6/c1-2-3-10-27-13-15(22)12-18-6-8-19(9-7-18)16-5-4-14(20(23)24)11-17(16)21(25)26/h4-5,11,15,22H,2-3,6-10,12-13H2,1H3/p+1/t15-/m0/s1. The number of unbranched alkanes of at least 4 members (excludes halogenated alkanes) is 1. The summed E-state index contributed by atoms with van der Waals surface area (Å²) in [4.78, 5) is 24.0. The molecular weight excluding hydrogens is 356 g/mol. The molecule has 0 spiro atoms. The zero-order valence-electron chi connectivity index (χ0n) is 15.5. The Hall–Kier alpha value is -2.30. The number of anilines is 1. The molecule has 0 aliphatic carbocycles. The van der Waals surface area contributed by atoms with E-state index in [-0.39, 0.29) is 11.4 Å². The first kappa shape index (κ1) is 21.0. The molecule has 10 nitrogen and oxygen atoms in total. The topological polar surface area (TPSA) is 123 Å². The van der Waals surface area contributed by atoms with Crippen LogP contribution in [-0.4, -0.2) is 67.0 Å². The summed E-state index contributed by atoms with van der Waals surface area (Å²) in [6, 6.07) is 3.74. The summed E-state index contributed by atoms with van der Waals surface area (Å²) < 4.78 is 5.44. The van der Waals surface area contributed by atoms with Crippen LogP contribution < -0.4 is 9.80 Å². The molecule has 0 saturated carbocycles. The molecule has 1 aromatic rings. The average molecular weight is 383 g/mol. The summed E-state index contributed by atoms with van der Waals surface area (Å²) >= 11 is 0. The lowest BCUT2D eigenvalue weighted by atomic mass is 10.2. The van der Waals surface area contributed by atoms with Crippen LogP contribution in [0.3, 0.4) is 0 Å². The number of nitro benzene ring substituents is 2. The summed E-state index contributed by atoms with van der Waals surface area (Å²) in [5.74, 6) is 0. The van der Waals surface area contributed by atoms with Gasteiger partial charge in [0.1, 0.15) is 18.3 Å². The number of benzene rings is 1. The second-order valence-electron chi connectivity index (χ2n) is 6.71. The van der Waals surface area contributed by atoms with Crippen molar-refractivity contribution in [3.05, 3.63) is 38.4 Å². The van der Waals surface area contributed by atoms with Crippen molar-refractivity contribution in [3.8, 4) is 0 Å². The number of aliphatic hydroxyl groups is 1. The molecule has 2 rings (SSSR count). The molecule has 1 aliphatic heterocycles. The van der Waals surface area contributed by atoms with Crippen molar-refractivity contribution in [3.63, 3.8) is 0 Å². The number of quaternary nitrogens is 1. The fourth-order valence-electron chi connectivity index (χ4n) is 3.16. The fourth-order valence-corrected chi connectivity index (χ4v) is 3.16. The number of non-ortho nitro benzene ring substituents is 1. The number of nitrogens with one attached hydrogen (secondary N) is 1. The lowest BCUT2D eigenvalue weighted by Crippen LogP contribution is -3.16. The average Bonchev–Trinajstić information content (AvgIpc) is 2.65. The minimum atomic E-state index is -0.636. The van der Waals surface area contributed by atoms with Gasteiger partial charge in [-0.3, -0.25) is 20.2 Å². The number of ether oxygens (including phenoxy) is 1. The van der Waals surface area contributed by atoms with E-state index in [9.17, 15) is 25.3 Å². The number of nitro groups is 2. The highest BCUT2D eigenvalue weighted by atomic mass is 16.6. The number of piperazine rings is 1. The SMILES string of the molecule is CCCCOC[C@@H](O)C[NH+]1CCN(c2ccc([N+](=O)[O-])cc2[N+](=O)[O-])CC1. The summed E-state index contributed by atoms with van der Waals surface area (Å²) in [5.41, 5.74) is -0.147. The van der Waals surface area contributed by atoms with Crippen molar-refractivity contribution in [2.24, 2.45) is 0 Å². The fraction of sp³-hybridized carbons (Fsp3) is 0.647. The third kappa shape index (κ3) is 6.12. The lowest BCUT2D eigenvalue weighted by Gasteiger charge is -2.34. The molecule has 0 radical (unpaired) electrons. The molecule has 0 unspecified atom stereocenters. The smallest absolute Gasteiger partial charge is 0.299 e. The van der Waals surface area contributed by atoms with Gasteiger partial charge < -0.3 is 19.6 Å². The van der Waals surface area contributed by atoms with Gasteiger partial charge in [-0.25, -0.2) is 0 Å². The van der Waals surface area contributed by atoms with E-state index >= 15 is 0 Å². The molecule has 10 heteroatoms. The molecule has 0 amide bonds. The zero-order chi connectivity index (χ0) is 19.8. The van der Waals surface area contributed by atoms with E-state index in [1.807, 2.05) is 4.90 Å². The van der Waals surface area contributed by atoms with Crippen LogP contribution in [0.2, 0.25) is 0 Å². The van der Waals surface area contributed by atoms with Gasteiger partial charge in [-0.1, -0.05) is 13.3 Å². The minimum Gasteiger partial charge on any atom is -0.385 e. The second-order valence-corrected chi connectivity index (χ2v) is 6.71. The Morgan fingerprint density at radius 2 is 1.96 bits per heavy atom. The minimum absolute atomic E-state index is 0.253. The van der Waals surface area contributed by atoms with Crippen LogP contribution in [0.4, 0.5) is 17.1 Å². The number of aliphatic hydroxyl groups excluding tert-OH is 1. The van der Waals surface area contributed by atoms with Gasteiger partial charge in [0.25, 0.3) is 11.4 Å². The largest absolute Gasteiger partial charge is 0.385 e. The molecule has 2 N–H and O–H groups in total. The van der Waals surface area contributed by atoms with E-state index in [1.165, 1.54) is 17.0 Å². The van der Waals surface area contributed by atoms with E-state index in [0.717, 1.165) is 32.0 Å². The molecule has 1 atom stereocenters. The van der Waals surface area contributed by atoms with Crippen LogP contribution in [0.15, 0.2) is 18.2 Å². The van der Waals surface area contributed by atoms with Gasteiger partial charge in [0, 0.05) is 12.7 Å². The molecular formula is C17H27N4O6+. The molecule has 0 bridgehead atoms. The molecule has 27 heavy (non-hydrogen) atoms. The maximum Gasteiger partial charge on any atom is 0.299 e. The predicted molar refractivity (Wildman–Crippen MR) is 99.3 cm³/mol. The highest BCUT2D eigenvalue weighted by Crippen LogP contribution is 2.31. The first-order valence-corrected chi connectivity index (χ1v) is 9.19. The number of hydrogen-bond donors (Lipinski definition) is 2. The van der Waals surface area contributed by atoms with Crippen LogP contribution in [-0.2, 0) is 4.74 Å². The van der Waals surface area contributed by atoms with Gasteiger partial charge in [-0.15, -0.1) is 0 Å². The van der Waals surface area contributed by atoms with Crippen molar-refractivity contribution in [1.29, 1.82) is 0 Å². The van der Waals surface area contributed by atoms with Crippen molar-refractivity contribution in [1.82, 2.24) is 0 Å². The first-order chi connectivity index (χ1) is 12.9. The van der Waals surface area contributed by atoms with Gasteiger partial charge in [0.2, 0.25) is 0 Å². The van der Waals surface area contributed by atoms with Crippen LogP contribution in [0.5, 0.6) is 0 Å². The first-order valence-electron chi connectivity index (χ1n) is 9.19. The van der Waals surface area contributed by atoms with E-state index in [1.54, 1.807) is 0 Å². The lowest BCUT2D eigenvalue weighted by molar-refractivity contribution is -0.903. The van der Waals surface area contributed by atoms with Crippen LogP contribution in [0.25, 0.3) is 0 Å². The van der Waals surface area contributed by atoms with Gasteiger partial charge >= 0.3 is 0 Å². The Bertz CT molecular complexity index is 648. The van der Waals surface area contributed by atoms with E-state index in [0.29, 0.717) is 38.5 Å². The summed E-state index contributed by atoms with van der Waals surface area (Å²) in [6.07, 6.45) is 1.50. The van der Waals surface area contributed by atoms with Gasteiger partial charge in [-0.05, 0) is 12.5 Å². The molecule has 150 valence electrons. The second kappa shape index (κ2) is 10.1. The zero-order valence-corrected chi connectivity index (χ0v) is 15.5. The third-order valence-electron chi connectivity index (χ3n) is 4.65. The summed E-state index contributed by atoms with van der Waals surface area (Å²) in [5, 5.41) is 32.2. The highest BCUT2D eigenvalue weighted by Gasteiger charge is 2.28. The van der Waals surface area contributed by atoms with Crippen molar-refractivity contribution in [2.45, 2.75) is 25.9 Å². The maximum absolute atomic E-state index is 11.3. The normalized spacial score (nSPS) is 16.3. The van der Waals surface area contributed by atoms with Crippen LogP contribution in [0.1, 0.15) is 19.8 Å². The van der Waals surface area contributed by atoms with E-state index in [4.69, 9.17) is 4.74 Å². The Kier molecular flexibility index (Phi) is 7.89. The van der Waals surface area contributed by atoms with Crippen molar-refractivity contribution < 1.29 is 24.6 Å². The molecule has 0 aromatic heterocycles. The van der Waals surface area contributed by atoms with Crippen molar-refractivity contribution in [2.75, 3.05) is 50.8 Å². The number of rotatable bonds is 10. The Morgan fingerprint density at radius 3 is 2.56 bits per heavy atom. The quantitative estimate of drug-likeness (QED) is 0.340. The van der Waals surface area contributed by atoms with E-state index < -0.39 is 16.0 Å². The Morgan fingerprint density at radius 1 is 1.26 bits per heavy atom. The molecule has 1 aliphatic rings. The maximum atomic E-state index is 11.3. The van der Waals surface area contributed by atoms with Crippen LogP contribution >= 0.6 is 0 Å². The summed E-state index contributed by atoms with van der Waals surface area (Å²) in [6.45, 7) is 6.23. The van der Waals surface area contributed by atoms with Gasteiger partial charge in [0.15, 0.2) is 0 Å². The number of nitrogens with zero attached hydrogens (tertiary/aromatic N) is 3. The van der Waals surface area contributed by atoms with Crippen LogP contribution in [0, 0.1) is 20.2 Å². The van der Waals surface area contributed by atoms with Gasteiger partial charge in [0.05, 0.1) is 48.7 Å². The Balaban J connectivity index is 1.90. The number of hydrogen-bond acceptors (Lipinski definition) is 7. The Labute approximate surface area is 157 Å². The van der Waals surface area contributed by atoms with E-state index in [2.05, 4.69) is 6.92 Å².